The molecule has 0 aliphatic heterocycles. The van der Waals surface area contributed by atoms with E-state index in [1.54, 1.807) is 0 Å². The van der Waals surface area contributed by atoms with E-state index < -0.39 is 6.04 Å². The highest BCUT2D eigenvalue weighted by Crippen LogP contribution is 2.32. The molecule has 1 unspecified atom stereocenters. The average Bonchev–Trinajstić information content (AvgIpc) is 3.39. The molecule has 0 saturated heterocycles. The highest BCUT2D eigenvalue weighted by Gasteiger charge is 2.24. The van der Waals surface area contributed by atoms with Gasteiger partial charge in [0.2, 0.25) is 11.0 Å². The van der Waals surface area contributed by atoms with Crippen LogP contribution in [0.3, 0.4) is 0 Å². The third-order valence-corrected chi connectivity index (χ3v) is 7.39. The Labute approximate surface area is 200 Å². The predicted molar refractivity (Wildman–Crippen MR) is 135 cm³/mol. The monoisotopic (exact) mass is 481 g/mol. The number of aromatic nitrogens is 4. The number of nitrogens with one attached hydrogen (secondary N) is 1. The van der Waals surface area contributed by atoms with Crippen molar-refractivity contribution in [1.29, 1.82) is 0 Å². The molecule has 0 fully saturated rings. The molecule has 1 aromatic carbocycles. The van der Waals surface area contributed by atoms with Crippen molar-refractivity contribution in [3.8, 4) is 11.1 Å². The van der Waals surface area contributed by atoms with E-state index in [2.05, 4.69) is 60.3 Å². The van der Waals surface area contributed by atoms with Gasteiger partial charge in [0.25, 0.3) is 5.56 Å². The lowest BCUT2D eigenvalue weighted by atomic mass is 10.0. The molecular formula is C24H27N5O2S2. The molecular weight excluding hydrogens is 454 g/mol. The van der Waals surface area contributed by atoms with Gasteiger partial charge in [-0.3, -0.25) is 19.5 Å². The van der Waals surface area contributed by atoms with E-state index in [0.717, 1.165) is 28.1 Å². The Morgan fingerprint density at radius 1 is 1.18 bits per heavy atom. The summed E-state index contributed by atoms with van der Waals surface area (Å²) in [5.41, 5.74) is 3.97. The second-order valence-electron chi connectivity index (χ2n) is 8.60. The number of fused-ring (bicyclic) bond motifs is 1. The number of rotatable bonds is 7. The molecule has 4 aromatic rings. The van der Waals surface area contributed by atoms with Gasteiger partial charge >= 0.3 is 0 Å². The zero-order chi connectivity index (χ0) is 23.7. The molecule has 33 heavy (non-hydrogen) atoms. The van der Waals surface area contributed by atoms with Crippen LogP contribution in [0.25, 0.3) is 21.3 Å². The van der Waals surface area contributed by atoms with Gasteiger partial charge in [-0.1, -0.05) is 50.3 Å². The molecule has 3 heterocycles. The predicted octanol–water partition coefficient (Wildman–Crippen LogP) is 5.38. The van der Waals surface area contributed by atoms with Crippen LogP contribution in [0.1, 0.15) is 49.4 Å². The summed E-state index contributed by atoms with van der Waals surface area (Å²) in [4.78, 5) is 31.8. The Hall–Kier alpha value is -2.91. The normalized spacial score (nSPS) is 12.4. The number of nitrogens with zero attached hydrogens (tertiary/aromatic N) is 4. The van der Waals surface area contributed by atoms with Crippen LogP contribution < -0.4 is 10.9 Å². The van der Waals surface area contributed by atoms with Crippen LogP contribution in [0.15, 0.2) is 34.7 Å². The molecule has 0 saturated carbocycles. The fourth-order valence-corrected chi connectivity index (χ4v) is 5.58. The number of aryl methyl sites for hydroxylation is 2. The van der Waals surface area contributed by atoms with E-state index in [4.69, 9.17) is 0 Å². The minimum absolute atomic E-state index is 0.214. The Bertz CT molecular complexity index is 1370. The van der Waals surface area contributed by atoms with Crippen molar-refractivity contribution in [3.63, 3.8) is 0 Å². The molecule has 4 rings (SSSR count). The van der Waals surface area contributed by atoms with Crippen LogP contribution in [0.4, 0.5) is 5.13 Å². The summed E-state index contributed by atoms with van der Waals surface area (Å²) in [5.74, 6) is 0.161. The van der Waals surface area contributed by atoms with Gasteiger partial charge in [0.1, 0.15) is 15.9 Å². The molecule has 0 radical (unpaired) electrons. The second kappa shape index (κ2) is 9.52. The molecule has 1 N–H and O–H groups in total. The SMILES string of the molecule is CCC(C(=O)Nc1nnc(CC(C)C)s1)n1cnc2scc(-c3ccc(C)c(C)c3)c2c1=O. The molecule has 9 heteroatoms. The zero-order valence-corrected chi connectivity index (χ0v) is 21.0. The van der Waals surface area contributed by atoms with Crippen molar-refractivity contribution in [1.82, 2.24) is 19.7 Å². The van der Waals surface area contributed by atoms with E-state index in [1.807, 2.05) is 18.4 Å². The molecule has 0 bridgehead atoms. The van der Waals surface area contributed by atoms with Crippen LogP contribution in [0.2, 0.25) is 0 Å². The molecule has 0 spiro atoms. The third kappa shape index (κ3) is 4.74. The van der Waals surface area contributed by atoms with Gasteiger partial charge in [-0.05, 0) is 42.9 Å². The summed E-state index contributed by atoms with van der Waals surface area (Å²) in [7, 11) is 0. The number of hydrogen-bond donors (Lipinski definition) is 1. The highest BCUT2D eigenvalue weighted by atomic mass is 32.1. The second-order valence-corrected chi connectivity index (χ2v) is 10.5. The maximum absolute atomic E-state index is 13.5. The Balaban J connectivity index is 1.68. The molecule has 7 nitrogen and oxygen atoms in total. The number of anilines is 1. The van der Waals surface area contributed by atoms with Crippen molar-refractivity contribution in [3.05, 3.63) is 56.4 Å². The van der Waals surface area contributed by atoms with Crippen LogP contribution in [-0.2, 0) is 11.2 Å². The Morgan fingerprint density at radius 2 is 1.97 bits per heavy atom. The van der Waals surface area contributed by atoms with E-state index in [0.29, 0.717) is 27.7 Å². The van der Waals surface area contributed by atoms with E-state index >= 15 is 0 Å². The summed E-state index contributed by atoms with van der Waals surface area (Å²) in [6.07, 6.45) is 2.73. The van der Waals surface area contributed by atoms with Crippen LogP contribution in [0.5, 0.6) is 0 Å². The van der Waals surface area contributed by atoms with E-state index in [1.165, 1.54) is 39.1 Å². The van der Waals surface area contributed by atoms with Crippen molar-refractivity contribution in [2.45, 2.75) is 53.5 Å². The van der Waals surface area contributed by atoms with Gasteiger partial charge in [-0.25, -0.2) is 4.98 Å². The van der Waals surface area contributed by atoms with Gasteiger partial charge in [0.15, 0.2) is 0 Å². The first-order chi connectivity index (χ1) is 15.8. The number of benzene rings is 1. The number of thiophene rings is 1. The summed E-state index contributed by atoms with van der Waals surface area (Å²) < 4.78 is 1.44. The van der Waals surface area contributed by atoms with Crippen LogP contribution in [-0.4, -0.2) is 25.7 Å². The molecule has 1 atom stereocenters. The first kappa shape index (κ1) is 23.3. The maximum atomic E-state index is 13.5. The topological polar surface area (TPSA) is 89.8 Å². The first-order valence-electron chi connectivity index (χ1n) is 11.0. The Kier molecular flexibility index (Phi) is 6.71. The van der Waals surface area contributed by atoms with Crippen molar-refractivity contribution in [2.75, 3.05) is 5.32 Å². The third-order valence-electron chi connectivity index (χ3n) is 5.64. The van der Waals surface area contributed by atoms with Crippen molar-refractivity contribution in [2.24, 2.45) is 5.92 Å². The van der Waals surface area contributed by atoms with Gasteiger partial charge in [-0.15, -0.1) is 21.5 Å². The molecule has 172 valence electrons. The smallest absolute Gasteiger partial charge is 0.263 e. The van der Waals surface area contributed by atoms with Gasteiger partial charge in [0.05, 0.1) is 11.7 Å². The molecule has 0 aliphatic carbocycles. The first-order valence-corrected chi connectivity index (χ1v) is 12.7. The minimum atomic E-state index is -0.695. The lowest BCUT2D eigenvalue weighted by molar-refractivity contribution is -0.119. The summed E-state index contributed by atoms with van der Waals surface area (Å²) in [6, 6.07) is 5.47. The van der Waals surface area contributed by atoms with Crippen LogP contribution >= 0.6 is 22.7 Å². The number of carbonyl (C=O) groups is 1. The van der Waals surface area contributed by atoms with Crippen LogP contribution in [0, 0.1) is 19.8 Å². The quantitative estimate of drug-likeness (QED) is 0.383. The minimum Gasteiger partial charge on any atom is -0.299 e. The largest absolute Gasteiger partial charge is 0.299 e. The number of amides is 1. The van der Waals surface area contributed by atoms with Gasteiger partial charge in [-0.2, -0.15) is 0 Å². The fraction of sp³-hybridized carbons (Fsp3) is 0.375. The highest BCUT2D eigenvalue weighted by molar-refractivity contribution is 7.17. The molecule has 3 aromatic heterocycles. The van der Waals surface area contributed by atoms with E-state index in [9.17, 15) is 9.59 Å². The summed E-state index contributed by atoms with van der Waals surface area (Å²) in [5, 5.41) is 14.9. The standard InChI is InChI=1S/C24H27N5O2S2/c1-6-18(21(30)26-24-28-27-19(33-24)9-13(2)3)29-12-25-22-20(23(29)31)17(11-32-22)16-8-7-14(4)15(5)10-16/h7-8,10-13,18H,6,9H2,1-5H3,(H,26,28,30). The van der Waals surface area contributed by atoms with Crippen molar-refractivity contribution >= 4 is 43.9 Å². The lowest BCUT2D eigenvalue weighted by Gasteiger charge is -2.16. The van der Waals surface area contributed by atoms with Gasteiger partial charge in [0, 0.05) is 17.4 Å². The Morgan fingerprint density at radius 3 is 2.67 bits per heavy atom. The van der Waals surface area contributed by atoms with Crippen molar-refractivity contribution < 1.29 is 4.79 Å². The van der Waals surface area contributed by atoms with E-state index in [-0.39, 0.29) is 11.5 Å². The molecule has 1 amide bonds. The van der Waals surface area contributed by atoms with Gasteiger partial charge < -0.3 is 0 Å². The average molecular weight is 482 g/mol. The maximum Gasteiger partial charge on any atom is 0.263 e. The lowest BCUT2D eigenvalue weighted by Crippen LogP contribution is -2.33. The zero-order valence-electron chi connectivity index (χ0n) is 19.4. The number of carbonyl (C=O) groups excluding carboxylic acids is 1. The fourth-order valence-electron chi connectivity index (χ4n) is 3.72. The molecule has 0 aliphatic rings. The summed E-state index contributed by atoms with van der Waals surface area (Å²) in [6.45, 7) is 10.2. The summed E-state index contributed by atoms with van der Waals surface area (Å²) >= 11 is 2.81. The number of hydrogen-bond acceptors (Lipinski definition) is 7.